The molecule has 0 aliphatic heterocycles. The van der Waals surface area contributed by atoms with Crippen LogP contribution in [0.5, 0.6) is 5.75 Å². The van der Waals surface area contributed by atoms with Gasteiger partial charge in [0.05, 0.1) is 10.2 Å². The largest absolute Gasteiger partial charge is 0.492 e. The van der Waals surface area contributed by atoms with Gasteiger partial charge in [0.1, 0.15) is 11.6 Å². The molecule has 0 fully saturated rings. The van der Waals surface area contributed by atoms with E-state index in [0.29, 0.717) is 15.9 Å². The predicted octanol–water partition coefficient (Wildman–Crippen LogP) is 1.98. The SMILES string of the molecule is Fc1cccc(OCCC[SiH3])c1I. The van der Waals surface area contributed by atoms with E-state index in [-0.39, 0.29) is 5.82 Å². The first-order valence-corrected chi connectivity index (χ1v) is 6.81. The second-order valence-corrected chi connectivity index (χ2v) is 4.83. The molecule has 1 rings (SSSR count). The van der Waals surface area contributed by atoms with Crippen molar-refractivity contribution >= 4 is 32.8 Å². The number of benzene rings is 1. The summed E-state index contributed by atoms with van der Waals surface area (Å²) in [7, 11) is 1.21. The van der Waals surface area contributed by atoms with E-state index in [1.807, 2.05) is 22.6 Å². The van der Waals surface area contributed by atoms with Crippen LogP contribution >= 0.6 is 22.6 Å². The molecule has 1 aromatic carbocycles. The Morgan fingerprint density at radius 2 is 2.23 bits per heavy atom. The third kappa shape index (κ3) is 3.26. The summed E-state index contributed by atoms with van der Waals surface area (Å²) >= 11 is 1.97. The Morgan fingerprint density at radius 3 is 2.92 bits per heavy atom. The molecule has 0 saturated carbocycles. The molecule has 0 unspecified atom stereocenters. The monoisotopic (exact) mass is 310 g/mol. The first-order valence-electron chi connectivity index (χ1n) is 4.32. The Morgan fingerprint density at radius 1 is 1.46 bits per heavy atom. The lowest BCUT2D eigenvalue weighted by Gasteiger charge is -2.07. The summed E-state index contributed by atoms with van der Waals surface area (Å²) in [5.74, 6) is 0.458. The number of halogens is 2. The fourth-order valence-corrected chi connectivity index (χ4v) is 1.73. The van der Waals surface area contributed by atoms with Crippen LogP contribution in [0.3, 0.4) is 0 Å². The van der Waals surface area contributed by atoms with Crippen molar-refractivity contribution in [3.63, 3.8) is 0 Å². The Kier molecular flexibility index (Phi) is 4.72. The standard InChI is InChI=1S/C9H12FIOSi/c10-7-3-1-4-8(9(7)11)12-5-2-6-13/h1,3-4H,2,5-6H2,13H3. The predicted molar refractivity (Wildman–Crippen MR) is 64.0 cm³/mol. The van der Waals surface area contributed by atoms with E-state index in [4.69, 9.17) is 4.74 Å². The minimum Gasteiger partial charge on any atom is -0.492 e. The molecule has 0 N–H and O–H groups in total. The summed E-state index contributed by atoms with van der Waals surface area (Å²) < 4.78 is 19.0. The molecule has 0 amide bonds. The molecule has 1 aromatic rings. The van der Waals surface area contributed by atoms with Gasteiger partial charge in [-0.3, -0.25) is 0 Å². The van der Waals surface area contributed by atoms with Crippen molar-refractivity contribution in [2.75, 3.05) is 6.61 Å². The van der Waals surface area contributed by atoms with Crippen molar-refractivity contribution in [2.45, 2.75) is 12.5 Å². The number of rotatable bonds is 4. The topological polar surface area (TPSA) is 9.23 Å². The van der Waals surface area contributed by atoms with Crippen LogP contribution in [0.1, 0.15) is 6.42 Å². The van der Waals surface area contributed by atoms with Gasteiger partial charge >= 0.3 is 0 Å². The quantitative estimate of drug-likeness (QED) is 0.469. The minimum absolute atomic E-state index is 0.205. The van der Waals surface area contributed by atoms with E-state index >= 15 is 0 Å². The zero-order chi connectivity index (χ0) is 9.68. The second-order valence-electron chi connectivity index (χ2n) is 2.75. The van der Waals surface area contributed by atoms with Crippen molar-refractivity contribution in [3.8, 4) is 5.75 Å². The first kappa shape index (κ1) is 11.0. The Hall–Kier alpha value is -0.103. The fourth-order valence-electron chi connectivity index (χ4n) is 0.922. The molecular formula is C9H12FIOSi. The highest BCUT2D eigenvalue weighted by Gasteiger charge is 2.04. The summed E-state index contributed by atoms with van der Waals surface area (Å²) in [6, 6.07) is 6.15. The van der Waals surface area contributed by atoms with Gasteiger partial charge in [0.2, 0.25) is 0 Å². The highest BCUT2D eigenvalue weighted by atomic mass is 127. The third-order valence-corrected chi connectivity index (χ3v) is 3.43. The normalized spacial score (nSPS) is 10.3. The zero-order valence-electron chi connectivity index (χ0n) is 7.52. The summed E-state index contributed by atoms with van der Waals surface area (Å²) in [6.45, 7) is 0.697. The van der Waals surface area contributed by atoms with E-state index in [1.54, 1.807) is 12.1 Å². The van der Waals surface area contributed by atoms with Crippen molar-refractivity contribution < 1.29 is 9.13 Å². The van der Waals surface area contributed by atoms with Gasteiger partial charge in [-0.1, -0.05) is 12.1 Å². The second kappa shape index (κ2) is 5.59. The zero-order valence-corrected chi connectivity index (χ0v) is 11.7. The summed E-state index contributed by atoms with van der Waals surface area (Å²) in [4.78, 5) is 0. The van der Waals surface area contributed by atoms with E-state index in [9.17, 15) is 4.39 Å². The lowest BCUT2D eigenvalue weighted by molar-refractivity contribution is 0.313. The van der Waals surface area contributed by atoms with Crippen LogP contribution in [0.2, 0.25) is 6.04 Å². The number of hydrogen-bond donors (Lipinski definition) is 0. The van der Waals surface area contributed by atoms with Crippen molar-refractivity contribution in [3.05, 3.63) is 27.6 Å². The maximum atomic E-state index is 13.0. The Labute approximate surface area is 94.2 Å². The van der Waals surface area contributed by atoms with Crippen molar-refractivity contribution in [2.24, 2.45) is 0 Å². The molecule has 0 heterocycles. The number of ether oxygens (including phenoxy) is 1. The van der Waals surface area contributed by atoms with Crippen LogP contribution < -0.4 is 4.74 Å². The van der Waals surface area contributed by atoms with Crippen LogP contribution in [0.15, 0.2) is 18.2 Å². The molecule has 0 radical (unpaired) electrons. The molecule has 0 aromatic heterocycles. The van der Waals surface area contributed by atoms with E-state index in [0.717, 1.165) is 6.42 Å². The van der Waals surface area contributed by atoms with Gasteiger partial charge in [-0.2, -0.15) is 0 Å². The van der Waals surface area contributed by atoms with Crippen molar-refractivity contribution in [1.82, 2.24) is 0 Å². The molecule has 72 valence electrons. The van der Waals surface area contributed by atoms with Gasteiger partial charge in [-0.05, 0) is 41.1 Å². The summed E-state index contributed by atoms with van der Waals surface area (Å²) in [5, 5.41) is 0. The molecule has 0 bridgehead atoms. The first-order chi connectivity index (χ1) is 6.25. The molecule has 0 saturated heterocycles. The van der Waals surface area contributed by atoms with Gasteiger partial charge in [0.25, 0.3) is 0 Å². The average molecular weight is 310 g/mol. The van der Waals surface area contributed by atoms with Gasteiger partial charge < -0.3 is 4.74 Å². The molecule has 4 heteroatoms. The highest BCUT2D eigenvalue weighted by Crippen LogP contribution is 2.23. The maximum Gasteiger partial charge on any atom is 0.140 e. The minimum atomic E-state index is -0.205. The van der Waals surface area contributed by atoms with Crippen LogP contribution in [0, 0.1) is 9.39 Å². The van der Waals surface area contributed by atoms with Gasteiger partial charge in [0, 0.05) is 10.2 Å². The van der Waals surface area contributed by atoms with Gasteiger partial charge in [0.15, 0.2) is 0 Å². The van der Waals surface area contributed by atoms with Gasteiger partial charge in [-0.25, -0.2) is 4.39 Å². The van der Waals surface area contributed by atoms with Crippen LogP contribution in [0.25, 0.3) is 0 Å². The molecule has 1 nitrogen and oxygen atoms in total. The van der Waals surface area contributed by atoms with Crippen LogP contribution in [-0.4, -0.2) is 16.8 Å². The molecule has 0 atom stereocenters. The van der Waals surface area contributed by atoms with Crippen molar-refractivity contribution in [1.29, 1.82) is 0 Å². The van der Waals surface area contributed by atoms with E-state index < -0.39 is 0 Å². The van der Waals surface area contributed by atoms with E-state index in [1.165, 1.54) is 22.4 Å². The molecule has 0 aliphatic rings. The van der Waals surface area contributed by atoms with Crippen LogP contribution in [0.4, 0.5) is 4.39 Å². The summed E-state index contributed by atoms with van der Waals surface area (Å²) in [5.41, 5.74) is 0. The molecule has 0 aliphatic carbocycles. The Bertz CT molecular complexity index is 280. The van der Waals surface area contributed by atoms with E-state index in [2.05, 4.69) is 0 Å². The molecular weight excluding hydrogens is 298 g/mol. The fraction of sp³-hybridized carbons (Fsp3) is 0.333. The smallest absolute Gasteiger partial charge is 0.140 e. The highest BCUT2D eigenvalue weighted by molar-refractivity contribution is 14.1. The lowest BCUT2D eigenvalue weighted by Crippen LogP contribution is -1.99. The Balaban J connectivity index is 2.61. The lowest BCUT2D eigenvalue weighted by atomic mass is 10.3. The molecule has 13 heavy (non-hydrogen) atoms. The molecule has 0 spiro atoms. The third-order valence-electron chi connectivity index (χ3n) is 1.67. The summed E-state index contributed by atoms with van der Waals surface area (Å²) in [6.07, 6.45) is 1.07. The maximum absolute atomic E-state index is 13.0. The van der Waals surface area contributed by atoms with Gasteiger partial charge in [-0.15, -0.1) is 0 Å². The number of hydrogen-bond acceptors (Lipinski definition) is 1. The van der Waals surface area contributed by atoms with Crippen LogP contribution in [-0.2, 0) is 0 Å². The average Bonchev–Trinajstić information content (AvgIpc) is 2.13.